The summed E-state index contributed by atoms with van der Waals surface area (Å²) in [6.07, 6.45) is 8.53. The van der Waals surface area contributed by atoms with Gasteiger partial charge in [-0.25, -0.2) is 17.5 Å². The second-order valence-electron chi connectivity index (χ2n) is 10.6. The molecule has 0 spiro atoms. The van der Waals surface area contributed by atoms with E-state index in [9.17, 15) is 17.6 Å². The van der Waals surface area contributed by atoms with Crippen molar-refractivity contribution < 1.29 is 17.6 Å². The SMILES string of the molecule is C[C@@H](NC(=O)c1nn(-c2ccc(Cl)cc2Cl)c2c1CN(S(C)(=O)=O)C/C2=C\c1ccc(F)cc1)C1CCCCC1. The molecule has 40 heavy (non-hydrogen) atoms. The first-order valence-corrected chi connectivity index (χ1v) is 15.9. The molecule has 212 valence electrons. The van der Waals surface area contributed by atoms with Gasteiger partial charge in [0.05, 0.1) is 22.7 Å². The molecule has 0 saturated heterocycles. The van der Waals surface area contributed by atoms with E-state index in [1.165, 1.54) is 22.9 Å². The lowest BCUT2D eigenvalue weighted by molar-refractivity contribution is 0.0912. The quantitative estimate of drug-likeness (QED) is 0.356. The van der Waals surface area contributed by atoms with Gasteiger partial charge < -0.3 is 5.32 Å². The van der Waals surface area contributed by atoms with Crippen molar-refractivity contribution in [3.8, 4) is 5.69 Å². The number of fused-ring (bicyclic) bond motifs is 1. The summed E-state index contributed by atoms with van der Waals surface area (Å²) in [4.78, 5) is 13.7. The fraction of sp³-hybridized carbons (Fsp3) is 0.379. The summed E-state index contributed by atoms with van der Waals surface area (Å²) in [5.74, 6) is -0.370. The van der Waals surface area contributed by atoms with Crippen molar-refractivity contribution in [1.82, 2.24) is 19.4 Å². The Morgan fingerprint density at radius 2 is 1.80 bits per heavy atom. The lowest BCUT2D eigenvalue weighted by atomic mass is 9.84. The van der Waals surface area contributed by atoms with Crippen molar-refractivity contribution in [1.29, 1.82) is 0 Å². The molecule has 1 aliphatic heterocycles. The summed E-state index contributed by atoms with van der Waals surface area (Å²) in [6.45, 7) is 2.02. The predicted octanol–water partition coefficient (Wildman–Crippen LogP) is 6.33. The number of carbonyl (C=O) groups excluding carboxylic acids is 1. The zero-order valence-electron chi connectivity index (χ0n) is 22.3. The number of rotatable bonds is 6. The number of carbonyl (C=O) groups is 1. The van der Waals surface area contributed by atoms with Crippen molar-refractivity contribution in [3.05, 3.63) is 80.8 Å². The van der Waals surface area contributed by atoms with Crippen LogP contribution in [0.4, 0.5) is 4.39 Å². The predicted molar refractivity (Wildman–Crippen MR) is 157 cm³/mol. The lowest BCUT2D eigenvalue weighted by Crippen LogP contribution is -2.40. The average Bonchev–Trinajstić information content (AvgIpc) is 3.30. The molecule has 1 atom stereocenters. The van der Waals surface area contributed by atoms with Crippen molar-refractivity contribution >= 4 is 50.8 Å². The van der Waals surface area contributed by atoms with Crippen LogP contribution in [0.5, 0.6) is 0 Å². The van der Waals surface area contributed by atoms with Gasteiger partial charge in [-0.2, -0.15) is 9.40 Å². The minimum atomic E-state index is -3.63. The zero-order valence-corrected chi connectivity index (χ0v) is 24.7. The Balaban J connectivity index is 1.66. The van der Waals surface area contributed by atoms with Crippen molar-refractivity contribution in [2.24, 2.45) is 5.92 Å². The van der Waals surface area contributed by atoms with E-state index in [0.29, 0.717) is 44.0 Å². The number of sulfonamides is 1. The number of benzene rings is 2. The maximum atomic E-state index is 13.7. The van der Waals surface area contributed by atoms with E-state index in [1.807, 2.05) is 6.92 Å². The molecule has 0 bridgehead atoms. The smallest absolute Gasteiger partial charge is 0.272 e. The van der Waals surface area contributed by atoms with E-state index >= 15 is 0 Å². The van der Waals surface area contributed by atoms with Crippen LogP contribution in [0.3, 0.4) is 0 Å². The minimum Gasteiger partial charge on any atom is -0.348 e. The molecular weight excluding hydrogens is 574 g/mol. The van der Waals surface area contributed by atoms with Gasteiger partial charge in [-0.1, -0.05) is 54.6 Å². The van der Waals surface area contributed by atoms with Crippen LogP contribution >= 0.6 is 23.2 Å². The first kappa shape index (κ1) is 28.8. The largest absolute Gasteiger partial charge is 0.348 e. The number of hydrogen-bond donors (Lipinski definition) is 1. The molecule has 11 heteroatoms. The van der Waals surface area contributed by atoms with Crippen molar-refractivity contribution in [2.45, 2.75) is 51.6 Å². The molecule has 1 aromatic heterocycles. The Hall–Kier alpha value is -2.72. The fourth-order valence-corrected chi connectivity index (χ4v) is 6.80. The van der Waals surface area contributed by atoms with Gasteiger partial charge in [-0.3, -0.25) is 4.79 Å². The first-order chi connectivity index (χ1) is 19.0. The number of halogens is 3. The van der Waals surface area contributed by atoms with Crippen LogP contribution in [-0.2, 0) is 16.6 Å². The van der Waals surface area contributed by atoms with E-state index < -0.39 is 10.0 Å². The standard InChI is InChI=1S/C29H31Cl2FN4O3S/c1-18(20-6-4-3-5-7-20)33-29(37)27-24-17-35(40(2,38)39)16-21(14-19-8-11-23(32)12-9-19)28(24)36(34-27)26-13-10-22(30)15-25(26)31/h8-15,18,20H,3-7,16-17H2,1-2H3,(H,33,37)/b21-14+/t18-/m1/s1. The van der Waals surface area contributed by atoms with Gasteiger partial charge in [-0.15, -0.1) is 0 Å². The van der Waals surface area contributed by atoms with Crippen LogP contribution in [0.1, 0.15) is 66.3 Å². The van der Waals surface area contributed by atoms with Gasteiger partial charge in [0.25, 0.3) is 5.91 Å². The molecule has 5 rings (SSSR count). The van der Waals surface area contributed by atoms with Gasteiger partial charge in [0.15, 0.2) is 5.69 Å². The molecule has 1 amide bonds. The number of amides is 1. The highest BCUT2D eigenvalue weighted by atomic mass is 35.5. The molecule has 2 heterocycles. The Morgan fingerprint density at radius 1 is 1.10 bits per heavy atom. The summed E-state index contributed by atoms with van der Waals surface area (Å²) < 4.78 is 42.0. The third-order valence-corrected chi connectivity index (χ3v) is 9.45. The minimum absolute atomic E-state index is 0.0271. The maximum absolute atomic E-state index is 13.7. The second kappa shape index (κ2) is 11.6. The Labute approximate surface area is 244 Å². The molecule has 2 aromatic carbocycles. The van der Waals surface area contributed by atoms with E-state index in [1.54, 1.807) is 41.1 Å². The number of nitrogens with one attached hydrogen (secondary N) is 1. The molecule has 0 radical (unpaired) electrons. The third kappa shape index (κ3) is 6.12. The lowest BCUT2D eigenvalue weighted by Gasteiger charge is -2.29. The average molecular weight is 606 g/mol. The Kier molecular flexibility index (Phi) is 8.38. The van der Waals surface area contributed by atoms with Gasteiger partial charge in [0.2, 0.25) is 10.0 Å². The molecule has 3 aromatic rings. The van der Waals surface area contributed by atoms with Crippen LogP contribution in [-0.4, -0.2) is 47.3 Å². The van der Waals surface area contributed by atoms with E-state index in [2.05, 4.69) is 5.32 Å². The molecule has 2 aliphatic rings. The zero-order chi connectivity index (χ0) is 28.6. The highest BCUT2D eigenvalue weighted by Gasteiger charge is 2.36. The molecular formula is C29H31Cl2FN4O3S. The van der Waals surface area contributed by atoms with Gasteiger partial charge >= 0.3 is 0 Å². The van der Waals surface area contributed by atoms with Crippen LogP contribution in [0.15, 0.2) is 42.5 Å². The normalized spacial score (nSPS) is 18.5. The topological polar surface area (TPSA) is 84.3 Å². The maximum Gasteiger partial charge on any atom is 0.272 e. The summed E-state index contributed by atoms with van der Waals surface area (Å²) >= 11 is 12.8. The molecule has 1 saturated carbocycles. The highest BCUT2D eigenvalue weighted by Crippen LogP contribution is 2.37. The van der Waals surface area contributed by atoms with Crippen LogP contribution in [0.25, 0.3) is 17.3 Å². The van der Waals surface area contributed by atoms with Crippen LogP contribution in [0, 0.1) is 11.7 Å². The van der Waals surface area contributed by atoms with Crippen molar-refractivity contribution in [2.75, 3.05) is 12.8 Å². The van der Waals surface area contributed by atoms with Crippen molar-refractivity contribution in [3.63, 3.8) is 0 Å². The molecule has 0 unspecified atom stereocenters. The summed E-state index contributed by atoms with van der Waals surface area (Å²) in [7, 11) is -3.63. The molecule has 1 N–H and O–H groups in total. The van der Waals surface area contributed by atoms with Gasteiger partial charge in [0, 0.05) is 29.7 Å². The van der Waals surface area contributed by atoms with Crippen LogP contribution in [0.2, 0.25) is 10.0 Å². The Bertz CT molecular complexity index is 1560. The van der Waals surface area contributed by atoms with E-state index in [-0.39, 0.29) is 36.5 Å². The summed E-state index contributed by atoms with van der Waals surface area (Å²) in [5.41, 5.74) is 2.95. The Morgan fingerprint density at radius 3 is 2.45 bits per heavy atom. The third-order valence-electron chi connectivity index (χ3n) is 7.72. The first-order valence-electron chi connectivity index (χ1n) is 13.3. The number of nitrogens with zero attached hydrogens (tertiary/aromatic N) is 3. The monoisotopic (exact) mass is 604 g/mol. The highest BCUT2D eigenvalue weighted by molar-refractivity contribution is 7.88. The van der Waals surface area contributed by atoms with E-state index in [4.69, 9.17) is 28.3 Å². The second-order valence-corrected chi connectivity index (χ2v) is 13.4. The van der Waals surface area contributed by atoms with Gasteiger partial charge in [-0.05, 0) is 73.2 Å². The van der Waals surface area contributed by atoms with Gasteiger partial charge in [0.1, 0.15) is 5.82 Å². The van der Waals surface area contributed by atoms with E-state index in [0.717, 1.165) is 31.9 Å². The van der Waals surface area contributed by atoms with Crippen LogP contribution < -0.4 is 5.32 Å². The summed E-state index contributed by atoms with van der Waals surface area (Å²) in [6, 6.07) is 10.8. The fourth-order valence-electron chi connectivity index (χ4n) is 5.57. The molecule has 1 aliphatic carbocycles. The summed E-state index contributed by atoms with van der Waals surface area (Å²) in [5, 5.41) is 8.63. The molecule has 1 fully saturated rings. The number of aromatic nitrogens is 2. The number of hydrogen-bond acceptors (Lipinski definition) is 4. The molecule has 7 nitrogen and oxygen atoms in total.